The number of alkyl carbamates (subject to hydrolysis) is 1. The first-order valence-corrected chi connectivity index (χ1v) is 14.6. The van der Waals surface area contributed by atoms with Crippen LogP contribution >= 0.6 is 0 Å². The summed E-state index contributed by atoms with van der Waals surface area (Å²) in [4.78, 5) is 41.1. The lowest BCUT2D eigenvalue weighted by atomic mass is 10.00. The lowest BCUT2D eigenvalue weighted by Gasteiger charge is -2.32. The number of hydrogen-bond acceptors (Lipinski definition) is 6. The molecular weight excluding hydrogens is 541 g/mol. The van der Waals surface area contributed by atoms with Gasteiger partial charge in [0.1, 0.15) is 29.7 Å². The zero-order chi connectivity index (χ0) is 30.4. The summed E-state index contributed by atoms with van der Waals surface area (Å²) in [6, 6.07) is 14.1. The molecule has 2 aliphatic heterocycles. The van der Waals surface area contributed by atoms with Crippen LogP contribution in [0.15, 0.2) is 48.5 Å². The van der Waals surface area contributed by atoms with Crippen molar-refractivity contribution in [3.8, 4) is 16.9 Å². The van der Waals surface area contributed by atoms with Crippen LogP contribution < -0.4 is 10.1 Å². The third kappa shape index (κ3) is 8.59. The number of hydrogen-bond donors (Lipinski definition) is 1. The highest BCUT2D eigenvalue weighted by atomic mass is 19.1. The van der Waals surface area contributed by atoms with Crippen molar-refractivity contribution in [2.45, 2.75) is 83.9 Å². The van der Waals surface area contributed by atoms with E-state index in [0.717, 1.165) is 29.7 Å². The largest absolute Gasteiger partial charge is 0.490 e. The Morgan fingerprint density at radius 3 is 1.98 bits per heavy atom. The predicted molar refractivity (Wildman–Crippen MR) is 157 cm³/mol. The predicted octanol–water partition coefficient (Wildman–Crippen LogP) is 5.88. The van der Waals surface area contributed by atoms with E-state index in [4.69, 9.17) is 14.2 Å². The molecule has 0 spiro atoms. The van der Waals surface area contributed by atoms with Crippen LogP contribution in [0.3, 0.4) is 0 Å². The minimum atomic E-state index is -1.06. The Balaban J connectivity index is 1.39. The molecule has 2 aromatic carbocycles. The van der Waals surface area contributed by atoms with Gasteiger partial charge in [0.2, 0.25) is 5.91 Å². The van der Waals surface area contributed by atoms with Crippen LogP contribution in [0.2, 0.25) is 0 Å². The Kier molecular flexibility index (Phi) is 9.96. The number of amides is 3. The van der Waals surface area contributed by atoms with Gasteiger partial charge in [-0.1, -0.05) is 36.4 Å². The smallest absolute Gasteiger partial charge is 0.410 e. The van der Waals surface area contributed by atoms with E-state index in [9.17, 15) is 18.8 Å². The van der Waals surface area contributed by atoms with Crippen molar-refractivity contribution < 1.29 is 33.0 Å². The van der Waals surface area contributed by atoms with E-state index < -0.39 is 23.9 Å². The average Bonchev–Trinajstić information content (AvgIpc) is 3.37. The lowest BCUT2D eigenvalue weighted by molar-refractivity contribution is -0.132. The summed E-state index contributed by atoms with van der Waals surface area (Å²) in [5.74, 6) is 0.389. The molecule has 9 nitrogen and oxygen atoms in total. The second-order valence-corrected chi connectivity index (χ2v) is 12.1. The van der Waals surface area contributed by atoms with Crippen molar-refractivity contribution in [2.75, 3.05) is 26.2 Å². The van der Waals surface area contributed by atoms with Crippen molar-refractivity contribution in [1.29, 1.82) is 0 Å². The molecule has 42 heavy (non-hydrogen) atoms. The molecular formula is C32H42FN3O6. The molecule has 2 heterocycles. The Morgan fingerprint density at radius 2 is 1.45 bits per heavy atom. The molecule has 0 aromatic heterocycles. The van der Waals surface area contributed by atoms with Gasteiger partial charge in [-0.2, -0.15) is 0 Å². The Hall–Kier alpha value is -3.82. The van der Waals surface area contributed by atoms with E-state index in [0.29, 0.717) is 25.2 Å². The first kappa shape index (κ1) is 31.1. The maximum absolute atomic E-state index is 13.8. The van der Waals surface area contributed by atoms with E-state index in [1.807, 2.05) is 50.2 Å². The summed E-state index contributed by atoms with van der Waals surface area (Å²) in [7, 11) is 0. The van der Waals surface area contributed by atoms with E-state index in [1.54, 1.807) is 37.8 Å². The Labute approximate surface area is 247 Å². The first-order chi connectivity index (χ1) is 19.9. The van der Waals surface area contributed by atoms with Crippen molar-refractivity contribution in [3.63, 3.8) is 0 Å². The molecule has 0 aliphatic carbocycles. The van der Waals surface area contributed by atoms with Gasteiger partial charge in [-0.05, 0) is 69.9 Å². The number of ether oxygens (including phenoxy) is 3. The van der Waals surface area contributed by atoms with Gasteiger partial charge < -0.3 is 29.3 Å². The van der Waals surface area contributed by atoms with Crippen LogP contribution in [0.1, 0.15) is 65.5 Å². The van der Waals surface area contributed by atoms with E-state index in [1.165, 1.54) is 4.90 Å². The normalized spacial score (nSPS) is 18.5. The van der Waals surface area contributed by atoms with Crippen LogP contribution in [0.25, 0.3) is 11.1 Å². The fourth-order valence-electron chi connectivity index (χ4n) is 5.03. The SMILES string of the molecule is CC(C)OC(=O)N1CCC(Oc2ccc(-c3ccc(C(NC(=O)OC(C)(C)C)C(=O)N4CCC(F)C4)cc3)cc2)CC1. The zero-order valence-electron chi connectivity index (χ0n) is 25.1. The van der Waals surface area contributed by atoms with E-state index >= 15 is 0 Å². The summed E-state index contributed by atoms with van der Waals surface area (Å²) in [5, 5.41) is 2.68. The first-order valence-electron chi connectivity index (χ1n) is 14.6. The molecule has 1 N–H and O–H groups in total. The van der Waals surface area contributed by atoms with Crippen molar-refractivity contribution in [3.05, 3.63) is 54.1 Å². The quantitative estimate of drug-likeness (QED) is 0.437. The van der Waals surface area contributed by atoms with E-state index in [-0.39, 0.29) is 37.2 Å². The van der Waals surface area contributed by atoms with Crippen LogP contribution in [0, 0.1) is 0 Å². The third-order valence-corrected chi connectivity index (χ3v) is 7.12. The van der Waals surface area contributed by atoms with Crippen molar-refractivity contribution in [2.24, 2.45) is 0 Å². The van der Waals surface area contributed by atoms with Crippen molar-refractivity contribution >= 4 is 18.1 Å². The summed E-state index contributed by atoms with van der Waals surface area (Å²) in [6.07, 6.45) is -0.416. The molecule has 0 radical (unpaired) electrons. The highest BCUT2D eigenvalue weighted by molar-refractivity contribution is 5.87. The van der Waals surface area contributed by atoms with Crippen LogP contribution in [-0.2, 0) is 14.3 Å². The van der Waals surface area contributed by atoms with Crippen molar-refractivity contribution in [1.82, 2.24) is 15.1 Å². The Morgan fingerprint density at radius 1 is 0.881 bits per heavy atom. The lowest BCUT2D eigenvalue weighted by Crippen LogP contribution is -2.43. The van der Waals surface area contributed by atoms with E-state index in [2.05, 4.69) is 5.32 Å². The second-order valence-electron chi connectivity index (χ2n) is 12.1. The topological polar surface area (TPSA) is 97.4 Å². The minimum absolute atomic E-state index is 0.0155. The Bertz CT molecular complexity index is 1220. The minimum Gasteiger partial charge on any atom is -0.490 e. The number of alkyl halides is 1. The fraction of sp³-hybridized carbons (Fsp3) is 0.531. The highest BCUT2D eigenvalue weighted by Crippen LogP contribution is 2.28. The number of piperidine rings is 1. The van der Waals surface area contributed by atoms with Gasteiger partial charge in [0.25, 0.3) is 0 Å². The highest BCUT2D eigenvalue weighted by Gasteiger charge is 2.34. The molecule has 3 amide bonds. The molecule has 10 heteroatoms. The maximum atomic E-state index is 13.8. The second kappa shape index (κ2) is 13.4. The average molecular weight is 584 g/mol. The fourth-order valence-corrected chi connectivity index (χ4v) is 5.03. The number of nitrogens with one attached hydrogen (secondary N) is 1. The standard InChI is InChI=1S/C32H42FN3O6/c1-21(2)40-31(39)35-18-15-27(16-19-35)41-26-12-10-23(11-13-26)22-6-8-24(9-7-22)28(34-30(38)42-32(3,4)5)29(37)36-17-14-25(33)20-36/h6-13,21,25,27-28H,14-20H2,1-5H3,(H,34,38). The van der Waals surface area contributed by atoms with Gasteiger partial charge in [0.05, 0.1) is 12.6 Å². The number of halogens is 1. The monoisotopic (exact) mass is 583 g/mol. The number of carbonyl (C=O) groups is 3. The molecule has 0 bridgehead atoms. The molecule has 2 fully saturated rings. The molecule has 228 valence electrons. The van der Waals surface area contributed by atoms with Crippen LogP contribution in [-0.4, -0.2) is 78.1 Å². The van der Waals surface area contributed by atoms with Gasteiger partial charge in [-0.25, -0.2) is 14.0 Å². The maximum Gasteiger partial charge on any atom is 0.410 e. The number of carbonyl (C=O) groups excluding carboxylic acids is 3. The third-order valence-electron chi connectivity index (χ3n) is 7.12. The number of rotatable bonds is 7. The molecule has 0 saturated carbocycles. The van der Waals surface area contributed by atoms with Crippen LogP contribution in [0.4, 0.5) is 14.0 Å². The molecule has 2 aromatic rings. The number of benzene rings is 2. The number of nitrogens with zero attached hydrogens (tertiary/aromatic N) is 2. The molecule has 2 aliphatic rings. The summed E-state index contributed by atoms with van der Waals surface area (Å²) in [5.41, 5.74) is 1.74. The molecule has 4 rings (SSSR count). The number of likely N-dealkylation sites (tertiary alicyclic amines) is 2. The van der Waals surface area contributed by atoms with Gasteiger partial charge in [0.15, 0.2) is 0 Å². The van der Waals surface area contributed by atoms with Gasteiger partial charge in [-0.15, -0.1) is 0 Å². The molecule has 2 unspecified atom stereocenters. The summed E-state index contributed by atoms with van der Waals surface area (Å²) >= 11 is 0. The van der Waals surface area contributed by atoms with Gasteiger partial charge in [0, 0.05) is 32.5 Å². The molecule has 2 saturated heterocycles. The summed E-state index contributed by atoms with van der Waals surface area (Å²) in [6.45, 7) is 10.4. The zero-order valence-corrected chi connectivity index (χ0v) is 25.1. The van der Waals surface area contributed by atoms with Gasteiger partial charge >= 0.3 is 12.2 Å². The summed E-state index contributed by atoms with van der Waals surface area (Å²) < 4.78 is 30.7. The van der Waals surface area contributed by atoms with Crippen LogP contribution in [0.5, 0.6) is 5.75 Å². The van der Waals surface area contributed by atoms with Gasteiger partial charge in [-0.3, -0.25) is 4.79 Å². The molecule has 2 atom stereocenters.